The molecule has 0 fully saturated rings. The summed E-state index contributed by atoms with van der Waals surface area (Å²) < 4.78 is 15.8. The highest BCUT2D eigenvalue weighted by atomic mass is 19.1. The SMILES string of the molecule is CC(C)(C)[C@H](Cn1ccnc1)NC(=O)c1ccc2cccc(F)c2n1. The van der Waals surface area contributed by atoms with Crippen molar-refractivity contribution in [3.05, 3.63) is 60.6 Å². The van der Waals surface area contributed by atoms with E-state index in [0.717, 1.165) is 0 Å². The summed E-state index contributed by atoms with van der Waals surface area (Å²) in [7, 11) is 0. The monoisotopic (exact) mass is 340 g/mol. The van der Waals surface area contributed by atoms with E-state index < -0.39 is 5.82 Å². The van der Waals surface area contributed by atoms with Gasteiger partial charge in [-0.3, -0.25) is 4.79 Å². The molecule has 1 N–H and O–H groups in total. The van der Waals surface area contributed by atoms with Gasteiger partial charge in [-0.05, 0) is 17.5 Å². The summed E-state index contributed by atoms with van der Waals surface area (Å²) in [6, 6.07) is 7.93. The smallest absolute Gasteiger partial charge is 0.270 e. The van der Waals surface area contributed by atoms with E-state index in [0.29, 0.717) is 11.9 Å². The molecule has 0 radical (unpaired) electrons. The molecule has 3 rings (SSSR count). The Hall–Kier alpha value is -2.76. The van der Waals surface area contributed by atoms with E-state index in [1.807, 2.05) is 10.8 Å². The number of para-hydroxylation sites is 1. The number of benzene rings is 1. The minimum absolute atomic E-state index is 0.132. The summed E-state index contributed by atoms with van der Waals surface area (Å²) in [6.07, 6.45) is 5.28. The largest absolute Gasteiger partial charge is 0.346 e. The van der Waals surface area contributed by atoms with Crippen LogP contribution in [0.25, 0.3) is 10.9 Å². The third kappa shape index (κ3) is 3.84. The standard InChI is InChI=1S/C19H21FN4O/c1-19(2,3)16(11-24-10-9-21-12-24)23-18(25)15-8-7-13-5-4-6-14(20)17(13)22-15/h4-10,12,16H,11H2,1-3H3,(H,23,25)/t16-/m0/s1. The lowest BCUT2D eigenvalue weighted by molar-refractivity contribution is 0.0888. The Bertz CT molecular complexity index is 884. The van der Waals surface area contributed by atoms with Crippen LogP contribution in [0.15, 0.2) is 49.1 Å². The van der Waals surface area contributed by atoms with Crippen molar-refractivity contribution in [1.29, 1.82) is 0 Å². The van der Waals surface area contributed by atoms with Gasteiger partial charge >= 0.3 is 0 Å². The molecule has 1 atom stereocenters. The molecule has 0 saturated heterocycles. The van der Waals surface area contributed by atoms with Crippen LogP contribution in [0.2, 0.25) is 0 Å². The molecule has 6 heteroatoms. The van der Waals surface area contributed by atoms with Crippen LogP contribution in [-0.2, 0) is 6.54 Å². The normalized spacial score (nSPS) is 13.0. The Morgan fingerprint density at radius 2 is 2.08 bits per heavy atom. The summed E-state index contributed by atoms with van der Waals surface area (Å²) in [5, 5.41) is 3.69. The van der Waals surface area contributed by atoms with Crippen LogP contribution in [-0.4, -0.2) is 26.5 Å². The van der Waals surface area contributed by atoms with E-state index in [9.17, 15) is 9.18 Å². The zero-order valence-corrected chi connectivity index (χ0v) is 14.5. The minimum atomic E-state index is -0.432. The lowest BCUT2D eigenvalue weighted by Gasteiger charge is -2.31. The molecule has 0 saturated carbocycles. The number of rotatable bonds is 4. The number of aromatic nitrogens is 3. The van der Waals surface area contributed by atoms with Crippen molar-refractivity contribution in [2.24, 2.45) is 5.41 Å². The Morgan fingerprint density at radius 3 is 2.76 bits per heavy atom. The topological polar surface area (TPSA) is 59.8 Å². The lowest BCUT2D eigenvalue weighted by atomic mass is 9.86. The molecule has 0 aliphatic heterocycles. The fourth-order valence-corrected chi connectivity index (χ4v) is 2.61. The molecule has 5 nitrogen and oxygen atoms in total. The average Bonchev–Trinajstić information content (AvgIpc) is 3.06. The number of hydrogen-bond donors (Lipinski definition) is 1. The number of imidazole rings is 1. The molecule has 0 aliphatic carbocycles. The fraction of sp³-hybridized carbons (Fsp3) is 0.316. The third-order valence-corrected chi connectivity index (χ3v) is 4.21. The second kappa shape index (κ2) is 6.63. The molecule has 1 aromatic carbocycles. The summed E-state index contributed by atoms with van der Waals surface area (Å²) >= 11 is 0. The van der Waals surface area contributed by atoms with Gasteiger partial charge in [-0.25, -0.2) is 14.4 Å². The quantitative estimate of drug-likeness (QED) is 0.792. The Morgan fingerprint density at radius 1 is 1.28 bits per heavy atom. The number of nitrogens with zero attached hydrogens (tertiary/aromatic N) is 3. The zero-order chi connectivity index (χ0) is 18.0. The maximum absolute atomic E-state index is 13.9. The Kier molecular flexibility index (Phi) is 4.53. The Labute approximate surface area is 145 Å². The molecule has 2 heterocycles. The van der Waals surface area contributed by atoms with Crippen LogP contribution in [0, 0.1) is 11.2 Å². The number of carbonyl (C=O) groups is 1. The molecule has 2 aromatic heterocycles. The van der Waals surface area contributed by atoms with Gasteiger partial charge in [0, 0.05) is 24.3 Å². The number of hydrogen-bond acceptors (Lipinski definition) is 3. The summed E-state index contributed by atoms with van der Waals surface area (Å²) in [4.78, 5) is 20.9. The van der Waals surface area contributed by atoms with Gasteiger partial charge in [-0.15, -0.1) is 0 Å². The van der Waals surface area contributed by atoms with E-state index in [4.69, 9.17) is 0 Å². The highest BCUT2D eigenvalue weighted by molar-refractivity contribution is 5.95. The van der Waals surface area contributed by atoms with E-state index in [-0.39, 0.29) is 28.6 Å². The molecule has 0 aliphatic rings. The van der Waals surface area contributed by atoms with E-state index in [1.54, 1.807) is 36.8 Å². The van der Waals surface area contributed by atoms with Crippen molar-refractivity contribution in [2.45, 2.75) is 33.4 Å². The maximum atomic E-state index is 13.9. The van der Waals surface area contributed by atoms with E-state index in [1.165, 1.54) is 6.07 Å². The van der Waals surface area contributed by atoms with Crippen LogP contribution >= 0.6 is 0 Å². The van der Waals surface area contributed by atoms with E-state index >= 15 is 0 Å². The minimum Gasteiger partial charge on any atom is -0.346 e. The zero-order valence-electron chi connectivity index (χ0n) is 14.5. The van der Waals surface area contributed by atoms with Gasteiger partial charge in [-0.1, -0.05) is 39.0 Å². The van der Waals surface area contributed by atoms with Crippen LogP contribution in [0.5, 0.6) is 0 Å². The van der Waals surface area contributed by atoms with Crippen molar-refractivity contribution in [1.82, 2.24) is 19.9 Å². The van der Waals surface area contributed by atoms with Gasteiger partial charge in [0.15, 0.2) is 0 Å². The molecule has 1 amide bonds. The van der Waals surface area contributed by atoms with Crippen LogP contribution < -0.4 is 5.32 Å². The van der Waals surface area contributed by atoms with Gasteiger partial charge < -0.3 is 9.88 Å². The van der Waals surface area contributed by atoms with Gasteiger partial charge in [0.05, 0.1) is 12.4 Å². The second-order valence-electron chi connectivity index (χ2n) is 7.16. The first kappa shape index (κ1) is 17.1. The molecule has 25 heavy (non-hydrogen) atoms. The molecule has 3 aromatic rings. The molecule has 0 unspecified atom stereocenters. The van der Waals surface area contributed by atoms with Gasteiger partial charge in [0.1, 0.15) is 17.0 Å². The van der Waals surface area contributed by atoms with Gasteiger partial charge in [-0.2, -0.15) is 0 Å². The van der Waals surface area contributed by atoms with Gasteiger partial charge in [0.25, 0.3) is 5.91 Å². The molecular formula is C19H21FN4O. The number of halogens is 1. The first-order valence-corrected chi connectivity index (χ1v) is 8.16. The number of pyridine rings is 1. The number of nitrogens with one attached hydrogen (secondary N) is 1. The lowest BCUT2D eigenvalue weighted by Crippen LogP contribution is -2.46. The predicted octanol–water partition coefficient (Wildman–Crippen LogP) is 3.42. The first-order chi connectivity index (χ1) is 11.8. The highest BCUT2D eigenvalue weighted by Gasteiger charge is 2.27. The predicted molar refractivity (Wildman–Crippen MR) is 94.6 cm³/mol. The first-order valence-electron chi connectivity index (χ1n) is 8.16. The van der Waals surface area contributed by atoms with Crippen molar-refractivity contribution in [3.63, 3.8) is 0 Å². The number of carbonyl (C=O) groups excluding carboxylic acids is 1. The van der Waals surface area contributed by atoms with Crippen LogP contribution in [0.4, 0.5) is 4.39 Å². The summed E-state index contributed by atoms with van der Waals surface area (Å²) in [6.45, 7) is 6.77. The van der Waals surface area contributed by atoms with Crippen LogP contribution in [0.3, 0.4) is 0 Å². The molecule has 130 valence electrons. The van der Waals surface area contributed by atoms with E-state index in [2.05, 4.69) is 36.1 Å². The second-order valence-corrected chi connectivity index (χ2v) is 7.16. The molecular weight excluding hydrogens is 319 g/mol. The summed E-state index contributed by atoms with van der Waals surface area (Å²) in [5.74, 6) is -0.747. The molecule has 0 bridgehead atoms. The Balaban J connectivity index is 1.84. The fourth-order valence-electron chi connectivity index (χ4n) is 2.61. The number of amides is 1. The van der Waals surface area contributed by atoms with Gasteiger partial charge in [0.2, 0.25) is 0 Å². The third-order valence-electron chi connectivity index (χ3n) is 4.21. The summed E-state index contributed by atoms with van der Waals surface area (Å²) in [5.41, 5.74) is 0.247. The van der Waals surface area contributed by atoms with Crippen molar-refractivity contribution < 1.29 is 9.18 Å². The highest BCUT2D eigenvalue weighted by Crippen LogP contribution is 2.22. The van der Waals surface area contributed by atoms with Crippen molar-refractivity contribution in [3.8, 4) is 0 Å². The number of fused-ring (bicyclic) bond motifs is 1. The maximum Gasteiger partial charge on any atom is 0.270 e. The average molecular weight is 340 g/mol. The van der Waals surface area contributed by atoms with Crippen LogP contribution in [0.1, 0.15) is 31.3 Å². The van der Waals surface area contributed by atoms with Crippen molar-refractivity contribution in [2.75, 3.05) is 0 Å². The molecule has 0 spiro atoms. The van der Waals surface area contributed by atoms with Crippen molar-refractivity contribution >= 4 is 16.8 Å².